The summed E-state index contributed by atoms with van der Waals surface area (Å²) in [7, 11) is 0. The highest BCUT2D eigenvalue weighted by Gasteiger charge is 2.34. The highest BCUT2D eigenvalue weighted by Crippen LogP contribution is 2.38. The maximum Gasteiger partial charge on any atom is 0.147 e. The van der Waals surface area contributed by atoms with Gasteiger partial charge in [-0.15, -0.1) is 0 Å². The molecular formula is C16H18BrClN2. The summed E-state index contributed by atoms with van der Waals surface area (Å²) < 4.78 is 0.775. The van der Waals surface area contributed by atoms with E-state index in [1.165, 1.54) is 5.56 Å². The highest BCUT2D eigenvalue weighted by molar-refractivity contribution is 9.10. The summed E-state index contributed by atoms with van der Waals surface area (Å²) in [6.45, 7) is 6.29. The summed E-state index contributed by atoms with van der Waals surface area (Å²) in [6.07, 6.45) is 1.87. The van der Waals surface area contributed by atoms with Crippen LogP contribution in [0.2, 0.25) is 5.15 Å². The highest BCUT2D eigenvalue weighted by atomic mass is 79.9. The molecule has 0 N–H and O–H groups in total. The Balaban J connectivity index is 2.65. The summed E-state index contributed by atoms with van der Waals surface area (Å²) in [5, 5.41) is 0.481. The van der Waals surface area contributed by atoms with Crippen LogP contribution < -0.4 is 0 Å². The molecule has 1 aromatic heterocycles. The van der Waals surface area contributed by atoms with Crippen molar-refractivity contribution in [1.29, 1.82) is 0 Å². The maximum atomic E-state index is 6.23. The standard InChI is InChI=1S/C16H18BrClN2/c1-4-16(5-2,12-9-7-6-8-10-12)15-19-11(3)13(17)14(18)20-15/h6-10H,4-5H2,1-3H3. The lowest BCUT2D eigenvalue weighted by Crippen LogP contribution is -2.29. The Morgan fingerprint density at radius 3 is 2.20 bits per heavy atom. The third-order valence-corrected chi connectivity index (χ3v) is 5.39. The zero-order valence-electron chi connectivity index (χ0n) is 12.0. The number of rotatable bonds is 4. The van der Waals surface area contributed by atoms with Crippen LogP contribution in [0.3, 0.4) is 0 Å². The van der Waals surface area contributed by atoms with E-state index >= 15 is 0 Å². The molecule has 20 heavy (non-hydrogen) atoms. The average Bonchev–Trinajstić information content (AvgIpc) is 2.47. The van der Waals surface area contributed by atoms with Gasteiger partial charge in [0.15, 0.2) is 0 Å². The minimum atomic E-state index is -0.184. The Bertz CT molecular complexity index is 572. The third-order valence-electron chi connectivity index (χ3n) is 3.94. The molecule has 2 rings (SSSR count). The molecule has 0 aliphatic heterocycles. The smallest absolute Gasteiger partial charge is 0.147 e. The van der Waals surface area contributed by atoms with Crippen molar-refractivity contribution in [1.82, 2.24) is 9.97 Å². The first-order chi connectivity index (χ1) is 9.55. The third kappa shape index (κ3) is 2.61. The molecule has 2 nitrogen and oxygen atoms in total. The van der Waals surface area contributed by atoms with Crippen LogP contribution >= 0.6 is 27.5 Å². The van der Waals surface area contributed by atoms with E-state index in [4.69, 9.17) is 11.6 Å². The predicted molar refractivity (Wildman–Crippen MR) is 87.3 cm³/mol. The minimum absolute atomic E-state index is 0.184. The van der Waals surface area contributed by atoms with E-state index in [1.807, 2.05) is 13.0 Å². The second kappa shape index (κ2) is 6.23. The fourth-order valence-corrected chi connectivity index (χ4v) is 2.99. The molecule has 0 saturated carbocycles. The van der Waals surface area contributed by atoms with E-state index in [9.17, 15) is 0 Å². The van der Waals surface area contributed by atoms with Crippen LogP contribution in [-0.4, -0.2) is 9.97 Å². The molecule has 2 aromatic rings. The van der Waals surface area contributed by atoms with Crippen molar-refractivity contribution in [3.63, 3.8) is 0 Å². The van der Waals surface area contributed by atoms with Gasteiger partial charge >= 0.3 is 0 Å². The van der Waals surface area contributed by atoms with Gasteiger partial charge in [-0.05, 0) is 41.3 Å². The SMILES string of the molecule is CCC(CC)(c1ccccc1)c1nc(C)c(Br)c(Cl)n1. The van der Waals surface area contributed by atoms with Gasteiger partial charge in [0.1, 0.15) is 11.0 Å². The molecule has 0 atom stereocenters. The number of halogens is 2. The number of nitrogens with zero attached hydrogens (tertiary/aromatic N) is 2. The minimum Gasteiger partial charge on any atom is -0.236 e. The molecule has 0 aliphatic carbocycles. The lowest BCUT2D eigenvalue weighted by atomic mass is 9.75. The van der Waals surface area contributed by atoms with Crippen molar-refractivity contribution in [3.05, 3.63) is 57.0 Å². The zero-order chi connectivity index (χ0) is 14.8. The van der Waals surface area contributed by atoms with Crippen molar-refractivity contribution in [2.24, 2.45) is 0 Å². The van der Waals surface area contributed by atoms with Gasteiger partial charge in [0.05, 0.1) is 15.6 Å². The first kappa shape index (κ1) is 15.5. The van der Waals surface area contributed by atoms with Crippen LogP contribution in [0.5, 0.6) is 0 Å². The zero-order valence-corrected chi connectivity index (χ0v) is 14.3. The van der Waals surface area contributed by atoms with Crippen LogP contribution in [-0.2, 0) is 5.41 Å². The second-order valence-corrected chi connectivity index (χ2v) is 6.04. The molecule has 0 radical (unpaired) electrons. The number of aromatic nitrogens is 2. The van der Waals surface area contributed by atoms with Crippen LogP contribution in [0, 0.1) is 6.92 Å². The van der Waals surface area contributed by atoms with Crippen LogP contribution in [0.15, 0.2) is 34.8 Å². The van der Waals surface area contributed by atoms with Gasteiger partial charge < -0.3 is 0 Å². The summed E-state index contributed by atoms with van der Waals surface area (Å²) in [4.78, 5) is 9.21. The number of hydrogen-bond donors (Lipinski definition) is 0. The summed E-state index contributed by atoms with van der Waals surface area (Å²) in [5.74, 6) is 0.805. The molecule has 106 valence electrons. The van der Waals surface area contributed by atoms with Crippen LogP contribution in [0.4, 0.5) is 0 Å². The monoisotopic (exact) mass is 352 g/mol. The molecule has 0 unspecified atom stereocenters. The molecule has 0 bridgehead atoms. The fourth-order valence-electron chi connectivity index (χ4n) is 2.60. The maximum absolute atomic E-state index is 6.23. The fraction of sp³-hybridized carbons (Fsp3) is 0.375. The predicted octanol–water partition coefficient (Wildman–Crippen LogP) is 5.31. The molecule has 1 aromatic carbocycles. The van der Waals surface area contributed by atoms with Gasteiger partial charge in [-0.3, -0.25) is 0 Å². The van der Waals surface area contributed by atoms with E-state index in [0.29, 0.717) is 5.15 Å². The molecule has 0 fully saturated rings. The molecule has 4 heteroatoms. The lowest BCUT2D eigenvalue weighted by molar-refractivity contribution is 0.447. The van der Waals surface area contributed by atoms with Crippen LogP contribution in [0.25, 0.3) is 0 Å². The molecule has 0 saturated heterocycles. The van der Waals surface area contributed by atoms with Crippen LogP contribution in [0.1, 0.15) is 43.8 Å². The van der Waals surface area contributed by atoms with Crippen molar-refractivity contribution in [2.45, 2.75) is 39.0 Å². The largest absolute Gasteiger partial charge is 0.236 e. The second-order valence-electron chi connectivity index (χ2n) is 4.89. The molecule has 0 spiro atoms. The number of hydrogen-bond acceptors (Lipinski definition) is 2. The summed E-state index contributed by atoms with van der Waals surface area (Å²) >= 11 is 9.65. The Morgan fingerprint density at radius 2 is 1.70 bits per heavy atom. The Labute approximate surface area is 133 Å². The van der Waals surface area contributed by atoms with Crippen molar-refractivity contribution >= 4 is 27.5 Å². The van der Waals surface area contributed by atoms with Gasteiger partial charge in [-0.25, -0.2) is 9.97 Å². The van der Waals surface area contributed by atoms with E-state index in [-0.39, 0.29) is 5.41 Å². The van der Waals surface area contributed by atoms with Gasteiger partial charge in [0, 0.05) is 0 Å². The summed E-state index contributed by atoms with van der Waals surface area (Å²) in [5.41, 5.74) is 1.93. The molecule has 0 amide bonds. The van der Waals surface area contributed by atoms with Gasteiger partial charge in [0.2, 0.25) is 0 Å². The quantitative estimate of drug-likeness (QED) is 0.696. The van der Waals surface area contributed by atoms with E-state index < -0.39 is 0 Å². The molecule has 0 aliphatic rings. The first-order valence-corrected chi connectivity index (χ1v) is 7.98. The van der Waals surface area contributed by atoms with Gasteiger partial charge in [-0.1, -0.05) is 55.8 Å². The normalized spacial score (nSPS) is 11.7. The van der Waals surface area contributed by atoms with Gasteiger partial charge in [-0.2, -0.15) is 0 Å². The van der Waals surface area contributed by atoms with Crippen molar-refractivity contribution in [2.75, 3.05) is 0 Å². The van der Waals surface area contributed by atoms with Gasteiger partial charge in [0.25, 0.3) is 0 Å². The average molecular weight is 354 g/mol. The van der Waals surface area contributed by atoms with E-state index in [1.54, 1.807) is 0 Å². The Hall–Kier alpha value is -0.930. The lowest BCUT2D eigenvalue weighted by Gasteiger charge is -2.31. The number of benzene rings is 1. The first-order valence-electron chi connectivity index (χ1n) is 6.80. The number of aryl methyl sites for hydroxylation is 1. The Morgan fingerprint density at radius 1 is 1.10 bits per heavy atom. The van der Waals surface area contributed by atoms with Crippen molar-refractivity contribution in [3.8, 4) is 0 Å². The van der Waals surface area contributed by atoms with E-state index in [2.05, 4.69) is 64.0 Å². The van der Waals surface area contributed by atoms with E-state index in [0.717, 1.165) is 28.8 Å². The Kier molecular flexibility index (Phi) is 4.82. The molecular weight excluding hydrogens is 336 g/mol. The summed E-state index contributed by atoms with van der Waals surface area (Å²) in [6, 6.07) is 10.4. The van der Waals surface area contributed by atoms with Crippen molar-refractivity contribution < 1.29 is 0 Å². The molecule has 1 heterocycles. The topological polar surface area (TPSA) is 25.8 Å².